The van der Waals surface area contributed by atoms with Gasteiger partial charge in [0.05, 0.1) is 35.7 Å². The Kier molecular flexibility index (Phi) is 5.18. The average molecular weight is 322 g/mol. The van der Waals surface area contributed by atoms with Gasteiger partial charge < -0.3 is 4.90 Å². The van der Waals surface area contributed by atoms with Gasteiger partial charge in [-0.1, -0.05) is 6.92 Å². The van der Waals surface area contributed by atoms with Crippen LogP contribution in [0.5, 0.6) is 0 Å². The fraction of sp³-hybridized carbons (Fsp3) is 0.400. The van der Waals surface area contributed by atoms with Crippen LogP contribution >= 0.6 is 11.8 Å². The molecule has 7 heteroatoms. The maximum absolute atomic E-state index is 13.3. The molecule has 0 saturated heterocycles. The molecule has 0 aromatic carbocycles. The minimum atomic E-state index is -0.426. The highest BCUT2D eigenvalue weighted by Crippen LogP contribution is 2.22. The van der Waals surface area contributed by atoms with Crippen molar-refractivity contribution in [1.29, 1.82) is 0 Å². The van der Waals surface area contributed by atoms with E-state index in [0.717, 1.165) is 6.20 Å². The summed E-state index contributed by atoms with van der Waals surface area (Å²) in [6, 6.07) is 1.35. The second-order valence-corrected chi connectivity index (χ2v) is 6.39. The Hall–Kier alpha value is -1.89. The predicted octanol–water partition coefficient (Wildman–Crippen LogP) is 2.82. The summed E-state index contributed by atoms with van der Waals surface area (Å²) in [5.41, 5.74) is 1.94. The number of anilines is 1. The first-order valence-electron chi connectivity index (χ1n) is 6.89. The van der Waals surface area contributed by atoms with Gasteiger partial charge in [-0.05, 0) is 13.2 Å². The monoisotopic (exact) mass is 322 g/mol. The highest BCUT2D eigenvalue weighted by atomic mass is 32.2. The van der Waals surface area contributed by atoms with E-state index in [0.29, 0.717) is 23.5 Å². The molecule has 1 unspecified atom stereocenters. The van der Waals surface area contributed by atoms with Crippen LogP contribution in [-0.4, -0.2) is 39.2 Å². The molecule has 0 fully saturated rings. The van der Waals surface area contributed by atoms with Gasteiger partial charge in [-0.3, -0.25) is 9.78 Å². The van der Waals surface area contributed by atoms with E-state index in [2.05, 4.69) is 10.1 Å². The Morgan fingerprint density at radius 3 is 2.86 bits per heavy atom. The Labute approximate surface area is 133 Å². The quantitative estimate of drug-likeness (QED) is 0.849. The Balaban J connectivity index is 2.24. The van der Waals surface area contributed by atoms with Crippen LogP contribution in [0.4, 0.5) is 10.1 Å². The van der Waals surface area contributed by atoms with Crippen LogP contribution in [0.25, 0.3) is 5.69 Å². The molecular formula is C15H19FN4OS. The van der Waals surface area contributed by atoms with Crippen molar-refractivity contribution in [1.82, 2.24) is 14.8 Å². The molecule has 0 N–H and O–H groups in total. The Bertz CT molecular complexity index is 673. The van der Waals surface area contributed by atoms with Crippen molar-refractivity contribution in [2.45, 2.75) is 25.5 Å². The number of rotatable bonds is 5. The van der Waals surface area contributed by atoms with Gasteiger partial charge in [0.25, 0.3) is 0 Å². The van der Waals surface area contributed by atoms with Gasteiger partial charge in [0, 0.05) is 24.8 Å². The fourth-order valence-electron chi connectivity index (χ4n) is 2.04. The number of carbonyl (C=O) groups is 1. The number of aryl methyl sites for hydroxylation is 1. The largest absolute Gasteiger partial charge is 0.312 e. The van der Waals surface area contributed by atoms with Crippen LogP contribution in [0.2, 0.25) is 0 Å². The van der Waals surface area contributed by atoms with Gasteiger partial charge in [-0.25, -0.2) is 9.07 Å². The normalized spacial score (nSPS) is 12.2. The summed E-state index contributed by atoms with van der Waals surface area (Å²) in [4.78, 5) is 17.7. The third-order valence-corrected chi connectivity index (χ3v) is 4.40. The van der Waals surface area contributed by atoms with Gasteiger partial charge in [-0.2, -0.15) is 16.9 Å². The first-order chi connectivity index (χ1) is 10.4. The smallest absolute Gasteiger partial charge is 0.227 e. The summed E-state index contributed by atoms with van der Waals surface area (Å²) in [7, 11) is 1.73. The first-order valence-corrected chi connectivity index (χ1v) is 8.17. The molecule has 22 heavy (non-hydrogen) atoms. The third kappa shape index (κ3) is 3.65. The number of hydrogen-bond acceptors (Lipinski definition) is 4. The number of amides is 1. The molecule has 2 rings (SSSR count). The molecule has 0 aliphatic carbocycles. The number of pyridine rings is 1. The molecule has 0 saturated carbocycles. The SMILES string of the molecule is CSC(C)CC(=O)N(C)c1cn(-c2cncc(F)c2)nc1C. The number of hydrogen-bond donors (Lipinski definition) is 0. The van der Waals surface area contributed by atoms with Crippen molar-refractivity contribution in [2.75, 3.05) is 18.2 Å². The lowest BCUT2D eigenvalue weighted by Crippen LogP contribution is -2.28. The molecule has 1 atom stereocenters. The van der Waals surface area contributed by atoms with E-state index in [-0.39, 0.29) is 11.2 Å². The molecule has 2 aromatic heterocycles. The van der Waals surface area contributed by atoms with Crippen LogP contribution in [0.3, 0.4) is 0 Å². The second kappa shape index (κ2) is 6.91. The molecule has 0 aliphatic heterocycles. The van der Waals surface area contributed by atoms with Crippen LogP contribution < -0.4 is 4.90 Å². The summed E-state index contributed by atoms with van der Waals surface area (Å²) in [6.45, 7) is 3.84. The lowest BCUT2D eigenvalue weighted by Gasteiger charge is -2.18. The molecule has 0 aliphatic rings. The minimum absolute atomic E-state index is 0.0295. The Morgan fingerprint density at radius 1 is 1.50 bits per heavy atom. The van der Waals surface area contributed by atoms with Crippen LogP contribution in [-0.2, 0) is 4.79 Å². The van der Waals surface area contributed by atoms with E-state index in [4.69, 9.17) is 0 Å². The van der Waals surface area contributed by atoms with Gasteiger partial charge in [-0.15, -0.1) is 0 Å². The molecule has 2 heterocycles. The van der Waals surface area contributed by atoms with Crippen LogP contribution in [0.15, 0.2) is 24.7 Å². The lowest BCUT2D eigenvalue weighted by atomic mass is 10.2. The van der Waals surface area contributed by atoms with Gasteiger partial charge in [0.1, 0.15) is 5.82 Å². The molecule has 1 amide bonds. The summed E-state index contributed by atoms with van der Waals surface area (Å²) >= 11 is 1.66. The summed E-state index contributed by atoms with van der Waals surface area (Å²) < 4.78 is 14.8. The highest BCUT2D eigenvalue weighted by Gasteiger charge is 2.18. The zero-order valence-corrected chi connectivity index (χ0v) is 13.9. The number of nitrogens with zero attached hydrogens (tertiary/aromatic N) is 4. The fourth-order valence-corrected chi connectivity index (χ4v) is 2.35. The zero-order chi connectivity index (χ0) is 16.3. The van der Waals surface area contributed by atoms with E-state index in [1.54, 1.807) is 29.9 Å². The molecule has 2 aromatic rings. The van der Waals surface area contributed by atoms with Crippen molar-refractivity contribution >= 4 is 23.4 Å². The Morgan fingerprint density at radius 2 is 2.23 bits per heavy atom. The molecular weight excluding hydrogens is 303 g/mol. The topological polar surface area (TPSA) is 51.0 Å². The molecule has 5 nitrogen and oxygen atoms in total. The van der Waals surface area contributed by atoms with Crippen molar-refractivity contribution in [3.8, 4) is 5.69 Å². The van der Waals surface area contributed by atoms with E-state index >= 15 is 0 Å². The van der Waals surface area contributed by atoms with Crippen LogP contribution in [0, 0.1) is 12.7 Å². The van der Waals surface area contributed by atoms with E-state index in [1.807, 2.05) is 20.1 Å². The van der Waals surface area contributed by atoms with Gasteiger partial charge >= 0.3 is 0 Å². The summed E-state index contributed by atoms with van der Waals surface area (Å²) in [6.07, 6.45) is 6.83. The number of aromatic nitrogens is 3. The van der Waals surface area contributed by atoms with Crippen LogP contribution in [0.1, 0.15) is 19.0 Å². The lowest BCUT2D eigenvalue weighted by molar-refractivity contribution is -0.118. The summed E-state index contributed by atoms with van der Waals surface area (Å²) in [5.74, 6) is -0.396. The van der Waals surface area contributed by atoms with E-state index < -0.39 is 5.82 Å². The van der Waals surface area contributed by atoms with Crippen molar-refractivity contribution in [3.63, 3.8) is 0 Å². The standard InChI is InChI=1S/C15H19FN4OS/c1-10(22-4)5-15(21)19(3)14-9-20(18-11(14)2)13-6-12(16)7-17-8-13/h6-10H,5H2,1-4H3. The molecule has 0 spiro atoms. The van der Waals surface area contributed by atoms with Gasteiger partial charge in [0.15, 0.2) is 0 Å². The number of thioether (sulfide) groups is 1. The highest BCUT2D eigenvalue weighted by molar-refractivity contribution is 7.99. The van der Waals surface area contributed by atoms with Crippen molar-refractivity contribution in [2.24, 2.45) is 0 Å². The third-order valence-electron chi connectivity index (χ3n) is 3.43. The second-order valence-electron chi connectivity index (χ2n) is 5.11. The van der Waals surface area contributed by atoms with Crippen molar-refractivity contribution < 1.29 is 9.18 Å². The van der Waals surface area contributed by atoms with E-state index in [9.17, 15) is 9.18 Å². The minimum Gasteiger partial charge on any atom is -0.312 e. The molecule has 0 bridgehead atoms. The number of halogens is 1. The zero-order valence-electron chi connectivity index (χ0n) is 13.1. The molecule has 0 radical (unpaired) electrons. The maximum atomic E-state index is 13.3. The van der Waals surface area contributed by atoms with Crippen molar-refractivity contribution in [3.05, 3.63) is 36.2 Å². The molecule has 118 valence electrons. The number of carbonyl (C=O) groups excluding carboxylic acids is 1. The maximum Gasteiger partial charge on any atom is 0.227 e. The average Bonchev–Trinajstić information content (AvgIpc) is 2.88. The van der Waals surface area contributed by atoms with Gasteiger partial charge in [0.2, 0.25) is 5.91 Å². The van der Waals surface area contributed by atoms with E-state index in [1.165, 1.54) is 16.9 Å². The summed E-state index contributed by atoms with van der Waals surface area (Å²) in [5, 5.41) is 4.60. The first kappa shape index (κ1) is 16.5. The predicted molar refractivity (Wildman–Crippen MR) is 87.1 cm³/mol.